The summed E-state index contributed by atoms with van der Waals surface area (Å²) in [6.07, 6.45) is 1.04. The van der Waals surface area contributed by atoms with Gasteiger partial charge in [-0.2, -0.15) is 0 Å². The quantitative estimate of drug-likeness (QED) is 0.709. The maximum absolute atomic E-state index is 11.9. The molecule has 0 atom stereocenters. The van der Waals surface area contributed by atoms with Gasteiger partial charge in [0.05, 0.1) is 6.61 Å². The lowest BCUT2D eigenvalue weighted by atomic mass is 10.1. The number of carbonyl (C=O) groups is 1. The Balaban J connectivity index is 4.98. The second-order valence-electron chi connectivity index (χ2n) is 3.89. The summed E-state index contributed by atoms with van der Waals surface area (Å²) in [7, 11) is -3.45. The molecule has 0 aromatic heterocycles. The largest absolute Gasteiger partial charge is 0.395 e. The third-order valence-electron chi connectivity index (χ3n) is 2.48. The molecule has 1 amide bonds. The minimum absolute atomic E-state index is 0.161. The van der Waals surface area contributed by atoms with Crippen LogP contribution < -0.4 is 0 Å². The number of aliphatic hydroxyl groups is 1. The highest BCUT2D eigenvalue weighted by molar-refractivity contribution is 7.92. The van der Waals surface area contributed by atoms with Crippen molar-refractivity contribution in [2.75, 3.05) is 26.0 Å². The van der Waals surface area contributed by atoms with E-state index in [1.165, 1.54) is 18.7 Å². The number of aliphatic hydroxyl groups excluding tert-OH is 1. The standard InChI is InChI=1S/C9H19NO4S/c1-5-10(6-7-11)8(12)9(2,3)15(4,13)14/h11H,5-7H2,1-4H3. The molecular formula is C9H19NO4S. The van der Waals surface area contributed by atoms with Crippen molar-refractivity contribution < 1.29 is 18.3 Å². The summed E-state index contributed by atoms with van der Waals surface area (Å²) in [6.45, 7) is 4.88. The van der Waals surface area contributed by atoms with Crippen LogP contribution in [0.4, 0.5) is 0 Å². The normalized spacial score (nSPS) is 12.6. The average molecular weight is 237 g/mol. The Morgan fingerprint density at radius 1 is 1.40 bits per heavy atom. The molecule has 0 radical (unpaired) electrons. The zero-order valence-corrected chi connectivity index (χ0v) is 10.5. The van der Waals surface area contributed by atoms with Gasteiger partial charge in [0.15, 0.2) is 9.84 Å². The highest BCUT2D eigenvalue weighted by Gasteiger charge is 2.40. The molecule has 15 heavy (non-hydrogen) atoms. The molecule has 0 aromatic rings. The number of amides is 1. The van der Waals surface area contributed by atoms with Crippen LogP contribution >= 0.6 is 0 Å². The summed E-state index contributed by atoms with van der Waals surface area (Å²) >= 11 is 0. The van der Waals surface area contributed by atoms with E-state index in [-0.39, 0.29) is 13.2 Å². The van der Waals surface area contributed by atoms with Crippen LogP contribution in [-0.2, 0) is 14.6 Å². The van der Waals surface area contributed by atoms with Gasteiger partial charge in [0.1, 0.15) is 4.75 Å². The number of rotatable bonds is 5. The maximum atomic E-state index is 11.9. The van der Waals surface area contributed by atoms with E-state index in [0.717, 1.165) is 6.26 Å². The molecule has 0 saturated heterocycles. The van der Waals surface area contributed by atoms with Crippen molar-refractivity contribution in [3.8, 4) is 0 Å². The summed E-state index contributed by atoms with van der Waals surface area (Å²) in [6, 6.07) is 0. The molecule has 0 rings (SSSR count). The maximum Gasteiger partial charge on any atom is 0.243 e. The summed E-state index contributed by atoms with van der Waals surface area (Å²) in [5.41, 5.74) is 0. The Bertz CT molecular complexity index is 321. The molecule has 0 aliphatic heterocycles. The van der Waals surface area contributed by atoms with E-state index < -0.39 is 20.5 Å². The number of sulfone groups is 1. The molecule has 0 spiro atoms. The van der Waals surface area contributed by atoms with Gasteiger partial charge in [-0.25, -0.2) is 8.42 Å². The minimum Gasteiger partial charge on any atom is -0.395 e. The van der Waals surface area contributed by atoms with Gasteiger partial charge in [-0.1, -0.05) is 0 Å². The molecular weight excluding hydrogens is 218 g/mol. The molecule has 90 valence electrons. The van der Waals surface area contributed by atoms with E-state index in [1.54, 1.807) is 6.92 Å². The molecule has 0 aromatic carbocycles. The van der Waals surface area contributed by atoms with Crippen LogP contribution in [0.5, 0.6) is 0 Å². The SMILES string of the molecule is CCN(CCO)C(=O)C(C)(C)S(C)(=O)=O. The first-order valence-corrected chi connectivity index (χ1v) is 6.67. The van der Waals surface area contributed by atoms with Crippen molar-refractivity contribution in [2.45, 2.75) is 25.5 Å². The predicted molar refractivity (Wildman–Crippen MR) is 58.3 cm³/mol. The third kappa shape index (κ3) is 3.17. The molecule has 0 fully saturated rings. The fourth-order valence-electron chi connectivity index (χ4n) is 1.06. The van der Waals surface area contributed by atoms with E-state index in [9.17, 15) is 13.2 Å². The summed E-state index contributed by atoms with van der Waals surface area (Å²) in [4.78, 5) is 13.2. The Morgan fingerprint density at radius 2 is 1.87 bits per heavy atom. The number of hydrogen-bond donors (Lipinski definition) is 1. The van der Waals surface area contributed by atoms with Crippen molar-refractivity contribution in [2.24, 2.45) is 0 Å². The number of nitrogens with zero attached hydrogens (tertiary/aromatic N) is 1. The Kier molecular flexibility index (Phi) is 4.73. The van der Waals surface area contributed by atoms with E-state index in [0.29, 0.717) is 6.54 Å². The first-order chi connectivity index (χ1) is 6.68. The van der Waals surface area contributed by atoms with Crippen molar-refractivity contribution in [3.05, 3.63) is 0 Å². The monoisotopic (exact) mass is 237 g/mol. The van der Waals surface area contributed by atoms with Gasteiger partial charge in [-0.15, -0.1) is 0 Å². The lowest BCUT2D eigenvalue weighted by Gasteiger charge is -2.29. The highest BCUT2D eigenvalue weighted by Crippen LogP contribution is 2.18. The minimum atomic E-state index is -3.45. The van der Waals surface area contributed by atoms with Gasteiger partial charge in [0.25, 0.3) is 0 Å². The molecule has 1 N–H and O–H groups in total. The van der Waals surface area contributed by atoms with Gasteiger partial charge in [-0.05, 0) is 20.8 Å². The summed E-state index contributed by atoms with van der Waals surface area (Å²) in [5, 5.41) is 8.74. The Hall–Kier alpha value is -0.620. The van der Waals surface area contributed by atoms with Crippen LogP contribution in [0.15, 0.2) is 0 Å². The summed E-state index contributed by atoms with van der Waals surface area (Å²) < 4.78 is 21.4. The molecule has 0 bridgehead atoms. The van der Waals surface area contributed by atoms with Crippen LogP contribution in [0.25, 0.3) is 0 Å². The molecule has 0 aliphatic rings. The van der Waals surface area contributed by atoms with Crippen LogP contribution in [0.1, 0.15) is 20.8 Å². The van der Waals surface area contributed by atoms with Crippen LogP contribution in [0.2, 0.25) is 0 Å². The fourth-order valence-corrected chi connectivity index (χ4v) is 1.51. The zero-order valence-electron chi connectivity index (χ0n) is 9.65. The van der Waals surface area contributed by atoms with Crippen LogP contribution in [-0.4, -0.2) is 55.0 Å². The Morgan fingerprint density at radius 3 is 2.13 bits per heavy atom. The zero-order chi connectivity index (χ0) is 12.3. The van der Waals surface area contributed by atoms with Crippen molar-refractivity contribution in [1.82, 2.24) is 4.90 Å². The highest BCUT2D eigenvalue weighted by atomic mass is 32.2. The lowest BCUT2D eigenvalue weighted by molar-refractivity contribution is -0.133. The van der Waals surface area contributed by atoms with Crippen molar-refractivity contribution in [1.29, 1.82) is 0 Å². The van der Waals surface area contributed by atoms with Gasteiger partial charge in [0.2, 0.25) is 5.91 Å². The molecule has 6 heteroatoms. The van der Waals surface area contributed by atoms with Gasteiger partial charge in [0, 0.05) is 19.3 Å². The molecule has 0 aliphatic carbocycles. The average Bonchev–Trinajstić information content (AvgIpc) is 2.11. The smallest absolute Gasteiger partial charge is 0.243 e. The predicted octanol–water partition coefficient (Wildman–Crippen LogP) is -0.350. The van der Waals surface area contributed by atoms with E-state index in [4.69, 9.17) is 5.11 Å². The first kappa shape index (κ1) is 14.4. The molecule has 0 unspecified atom stereocenters. The summed E-state index contributed by atoms with van der Waals surface area (Å²) in [5.74, 6) is -0.471. The number of carbonyl (C=O) groups excluding carboxylic acids is 1. The van der Waals surface area contributed by atoms with Crippen LogP contribution in [0.3, 0.4) is 0 Å². The van der Waals surface area contributed by atoms with Gasteiger partial charge >= 0.3 is 0 Å². The molecule has 5 nitrogen and oxygen atoms in total. The Labute approximate surface area is 91.0 Å². The molecule has 0 saturated carbocycles. The first-order valence-electron chi connectivity index (χ1n) is 4.78. The lowest BCUT2D eigenvalue weighted by Crippen LogP contribution is -2.50. The van der Waals surface area contributed by atoms with Gasteiger partial charge < -0.3 is 10.0 Å². The second kappa shape index (κ2) is 4.94. The van der Waals surface area contributed by atoms with E-state index in [1.807, 2.05) is 0 Å². The van der Waals surface area contributed by atoms with Crippen molar-refractivity contribution in [3.63, 3.8) is 0 Å². The van der Waals surface area contributed by atoms with Gasteiger partial charge in [-0.3, -0.25) is 4.79 Å². The molecule has 0 heterocycles. The fraction of sp³-hybridized carbons (Fsp3) is 0.889. The topological polar surface area (TPSA) is 74.7 Å². The number of hydrogen-bond acceptors (Lipinski definition) is 4. The van der Waals surface area contributed by atoms with E-state index >= 15 is 0 Å². The van der Waals surface area contributed by atoms with Crippen LogP contribution in [0, 0.1) is 0 Å². The second-order valence-corrected chi connectivity index (χ2v) is 6.46. The number of likely N-dealkylation sites (N-methyl/N-ethyl adjacent to an activating group) is 1. The van der Waals surface area contributed by atoms with E-state index in [2.05, 4.69) is 0 Å². The van der Waals surface area contributed by atoms with Crippen molar-refractivity contribution >= 4 is 15.7 Å². The third-order valence-corrected chi connectivity index (χ3v) is 4.51.